The molecule has 7 heteroatoms. The summed E-state index contributed by atoms with van der Waals surface area (Å²) in [4.78, 5) is 26.4. The third-order valence-corrected chi connectivity index (χ3v) is 4.38. The summed E-state index contributed by atoms with van der Waals surface area (Å²) in [5.41, 5.74) is 6.47. The Balaban J connectivity index is 3.31. The van der Waals surface area contributed by atoms with Gasteiger partial charge in [0.25, 0.3) is 0 Å². The van der Waals surface area contributed by atoms with Gasteiger partial charge in [0, 0.05) is 26.6 Å². The first-order chi connectivity index (χ1) is 9.84. The fraction of sp³-hybridized carbons (Fsp3) is 0.571. The lowest BCUT2D eigenvalue weighted by Crippen LogP contribution is -2.23. The van der Waals surface area contributed by atoms with Crippen molar-refractivity contribution in [3.05, 3.63) is 10.4 Å². The van der Waals surface area contributed by atoms with Crippen molar-refractivity contribution >= 4 is 33.8 Å². The number of hydrogen-bond donors (Lipinski definition) is 1. The van der Waals surface area contributed by atoms with Crippen LogP contribution in [0.1, 0.15) is 33.9 Å². The van der Waals surface area contributed by atoms with Gasteiger partial charge >= 0.3 is 5.97 Å². The van der Waals surface area contributed by atoms with Crippen molar-refractivity contribution in [3.8, 4) is 0 Å². The number of thiophene rings is 1. The molecule has 0 aliphatic carbocycles. The molecule has 0 bridgehead atoms. The Morgan fingerprint density at radius 1 is 1.33 bits per heavy atom. The van der Waals surface area contributed by atoms with Crippen LogP contribution in [0.25, 0.3) is 0 Å². The third kappa shape index (κ3) is 3.74. The second-order valence-corrected chi connectivity index (χ2v) is 5.95. The number of carbonyl (C=O) groups is 2. The lowest BCUT2D eigenvalue weighted by Gasteiger charge is -2.18. The van der Waals surface area contributed by atoms with Crippen molar-refractivity contribution in [3.63, 3.8) is 0 Å². The standard InChI is InChI=1S/C14H22N2O4S/c1-8(2)11(17)12-10(15)9(14(18)20-5)13(21-12)16(3)6-7-19-4/h8H,6-7,15H2,1-5H3. The van der Waals surface area contributed by atoms with E-state index in [0.717, 1.165) is 0 Å². The molecule has 6 nitrogen and oxygen atoms in total. The van der Waals surface area contributed by atoms with Crippen LogP contribution in [-0.2, 0) is 9.47 Å². The Kier molecular flexibility index (Phi) is 6.17. The number of carbonyl (C=O) groups excluding carboxylic acids is 2. The normalized spacial score (nSPS) is 10.8. The van der Waals surface area contributed by atoms with E-state index in [4.69, 9.17) is 15.2 Å². The molecular weight excluding hydrogens is 292 g/mol. The number of ketones is 1. The van der Waals surface area contributed by atoms with Crippen LogP contribution in [0.4, 0.5) is 10.7 Å². The van der Waals surface area contributed by atoms with E-state index >= 15 is 0 Å². The van der Waals surface area contributed by atoms with Gasteiger partial charge in [-0.3, -0.25) is 4.79 Å². The van der Waals surface area contributed by atoms with Gasteiger partial charge in [-0.05, 0) is 0 Å². The van der Waals surface area contributed by atoms with Gasteiger partial charge in [-0.15, -0.1) is 11.3 Å². The summed E-state index contributed by atoms with van der Waals surface area (Å²) in [5.74, 6) is -0.798. The molecule has 118 valence electrons. The van der Waals surface area contributed by atoms with Crippen LogP contribution in [0.15, 0.2) is 0 Å². The molecule has 0 spiro atoms. The molecule has 0 saturated heterocycles. The highest BCUT2D eigenvalue weighted by Gasteiger charge is 2.28. The molecule has 0 aliphatic rings. The number of ether oxygens (including phenoxy) is 2. The van der Waals surface area contributed by atoms with Crippen LogP contribution in [0.5, 0.6) is 0 Å². The molecule has 0 fully saturated rings. The van der Waals surface area contributed by atoms with E-state index in [2.05, 4.69) is 0 Å². The maximum Gasteiger partial charge on any atom is 0.343 e. The molecule has 1 aromatic heterocycles. The monoisotopic (exact) mass is 314 g/mol. The van der Waals surface area contributed by atoms with Crippen LogP contribution in [0, 0.1) is 5.92 Å². The first-order valence-corrected chi connectivity index (χ1v) is 7.41. The van der Waals surface area contributed by atoms with E-state index in [9.17, 15) is 9.59 Å². The molecule has 0 aliphatic heterocycles. The summed E-state index contributed by atoms with van der Waals surface area (Å²) in [6, 6.07) is 0. The topological polar surface area (TPSA) is 81.9 Å². The Morgan fingerprint density at radius 2 is 1.95 bits per heavy atom. The quantitative estimate of drug-likeness (QED) is 0.612. The Bertz CT molecular complexity index is 525. The molecule has 0 saturated carbocycles. The number of likely N-dealkylation sites (N-methyl/N-ethyl adjacent to an activating group) is 1. The minimum atomic E-state index is -0.536. The highest BCUT2D eigenvalue weighted by molar-refractivity contribution is 7.19. The number of nitrogens with zero attached hydrogens (tertiary/aromatic N) is 1. The summed E-state index contributed by atoms with van der Waals surface area (Å²) in [6.45, 7) is 4.68. The number of anilines is 2. The first-order valence-electron chi connectivity index (χ1n) is 6.59. The van der Waals surface area contributed by atoms with Gasteiger partial charge in [0.15, 0.2) is 5.78 Å². The van der Waals surface area contributed by atoms with Gasteiger partial charge < -0.3 is 20.1 Å². The largest absolute Gasteiger partial charge is 0.465 e. The van der Waals surface area contributed by atoms with Crippen molar-refractivity contribution in [2.75, 3.05) is 45.1 Å². The third-order valence-electron chi connectivity index (χ3n) is 3.04. The highest BCUT2D eigenvalue weighted by Crippen LogP contribution is 2.39. The van der Waals surface area contributed by atoms with E-state index in [-0.39, 0.29) is 23.0 Å². The first kappa shape index (κ1) is 17.5. The van der Waals surface area contributed by atoms with E-state index in [1.165, 1.54) is 18.4 Å². The van der Waals surface area contributed by atoms with Gasteiger partial charge in [-0.2, -0.15) is 0 Å². The van der Waals surface area contributed by atoms with Crippen LogP contribution >= 0.6 is 11.3 Å². The summed E-state index contributed by atoms with van der Waals surface area (Å²) in [5, 5.41) is 0.625. The zero-order valence-electron chi connectivity index (χ0n) is 13.1. The smallest absolute Gasteiger partial charge is 0.343 e. The van der Waals surface area contributed by atoms with E-state index in [0.29, 0.717) is 23.0 Å². The van der Waals surface area contributed by atoms with E-state index in [1.807, 2.05) is 11.9 Å². The Morgan fingerprint density at radius 3 is 2.43 bits per heavy atom. The lowest BCUT2D eigenvalue weighted by molar-refractivity contribution is 0.0603. The summed E-state index contributed by atoms with van der Waals surface area (Å²) < 4.78 is 9.82. The maximum absolute atomic E-state index is 12.2. The SMILES string of the molecule is COCCN(C)c1sc(C(=O)C(C)C)c(N)c1C(=O)OC. The number of rotatable bonds is 7. The van der Waals surface area contributed by atoms with Crippen LogP contribution in [-0.4, -0.2) is 46.2 Å². The molecule has 1 heterocycles. The van der Waals surface area contributed by atoms with Crippen molar-refractivity contribution in [1.29, 1.82) is 0 Å². The predicted molar refractivity (Wildman–Crippen MR) is 84.4 cm³/mol. The molecule has 1 aromatic rings. The minimum absolute atomic E-state index is 0.0750. The number of Topliss-reactive ketones (excluding diaryl/α,β-unsaturated/α-hetero) is 1. The number of methoxy groups -OCH3 is 2. The minimum Gasteiger partial charge on any atom is -0.465 e. The molecule has 0 unspecified atom stereocenters. The molecule has 0 radical (unpaired) electrons. The summed E-state index contributed by atoms with van der Waals surface area (Å²) in [7, 11) is 4.72. The Labute approximate surface area is 128 Å². The fourth-order valence-corrected chi connectivity index (χ4v) is 3.06. The molecule has 1 rings (SSSR count). The highest BCUT2D eigenvalue weighted by atomic mass is 32.1. The fourth-order valence-electron chi connectivity index (χ4n) is 1.77. The second kappa shape index (κ2) is 7.42. The maximum atomic E-state index is 12.2. The number of nitrogens with two attached hydrogens (primary N) is 1. The van der Waals surface area contributed by atoms with Gasteiger partial charge in [0.1, 0.15) is 10.6 Å². The lowest BCUT2D eigenvalue weighted by atomic mass is 10.1. The van der Waals surface area contributed by atoms with Crippen molar-refractivity contribution < 1.29 is 19.1 Å². The zero-order chi connectivity index (χ0) is 16.2. The summed E-state index contributed by atoms with van der Waals surface area (Å²) >= 11 is 1.22. The second-order valence-electron chi connectivity index (χ2n) is 4.95. The van der Waals surface area contributed by atoms with E-state index in [1.54, 1.807) is 21.0 Å². The van der Waals surface area contributed by atoms with E-state index < -0.39 is 5.97 Å². The zero-order valence-corrected chi connectivity index (χ0v) is 13.9. The van der Waals surface area contributed by atoms with Crippen molar-refractivity contribution in [2.24, 2.45) is 5.92 Å². The molecule has 0 aromatic carbocycles. The molecule has 0 amide bonds. The Hall–Kier alpha value is -1.60. The number of esters is 1. The van der Waals surface area contributed by atoms with Crippen LogP contribution in [0.3, 0.4) is 0 Å². The predicted octanol–water partition coefficient (Wildman–Crippen LogP) is 2.04. The van der Waals surface area contributed by atoms with Gasteiger partial charge in [-0.1, -0.05) is 13.8 Å². The number of hydrogen-bond acceptors (Lipinski definition) is 7. The van der Waals surface area contributed by atoms with Crippen LogP contribution < -0.4 is 10.6 Å². The average molecular weight is 314 g/mol. The van der Waals surface area contributed by atoms with Gasteiger partial charge in [0.2, 0.25) is 0 Å². The van der Waals surface area contributed by atoms with Crippen molar-refractivity contribution in [2.45, 2.75) is 13.8 Å². The van der Waals surface area contributed by atoms with Crippen LogP contribution in [0.2, 0.25) is 0 Å². The molecular formula is C14H22N2O4S. The van der Waals surface area contributed by atoms with Crippen molar-refractivity contribution in [1.82, 2.24) is 0 Å². The number of nitrogen functional groups attached to an aromatic ring is 1. The molecule has 0 atom stereocenters. The molecule has 21 heavy (non-hydrogen) atoms. The summed E-state index contributed by atoms with van der Waals surface area (Å²) in [6.07, 6.45) is 0. The van der Waals surface area contributed by atoms with Gasteiger partial charge in [0.05, 0.1) is 24.3 Å². The molecule has 2 N–H and O–H groups in total. The average Bonchev–Trinajstić information content (AvgIpc) is 2.80. The van der Waals surface area contributed by atoms with Gasteiger partial charge in [-0.25, -0.2) is 4.79 Å².